The van der Waals surface area contributed by atoms with Gasteiger partial charge in [0, 0.05) is 12.5 Å². The average molecular weight is 272 g/mol. The Hall–Kier alpha value is -1.17. The second-order valence-electron chi connectivity index (χ2n) is 3.37. The zero-order chi connectivity index (χ0) is 13.1. The van der Waals surface area contributed by atoms with Crippen LogP contribution in [0.25, 0.3) is 0 Å². The van der Waals surface area contributed by atoms with Crippen molar-refractivity contribution in [3.63, 3.8) is 0 Å². The molecule has 7 heteroatoms. The Balaban J connectivity index is 2.50. The van der Waals surface area contributed by atoms with Crippen LogP contribution in [-0.4, -0.2) is 12.8 Å². The first-order valence-corrected chi connectivity index (χ1v) is 5.11. The van der Waals surface area contributed by atoms with Gasteiger partial charge in [-0.3, -0.25) is 0 Å². The Morgan fingerprint density at radius 2 is 1.94 bits per heavy atom. The quantitative estimate of drug-likeness (QED) is 0.514. The van der Waals surface area contributed by atoms with Gasteiger partial charge in [0.1, 0.15) is 11.6 Å². The molecule has 0 radical (unpaired) electrons. The van der Waals surface area contributed by atoms with Crippen molar-refractivity contribution >= 4 is 17.3 Å². The van der Waals surface area contributed by atoms with Crippen LogP contribution in [0, 0.1) is 5.82 Å². The summed E-state index contributed by atoms with van der Waals surface area (Å²) < 4.78 is 53.4. The van der Waals surface area contributed by atoms with Gasteiger partial charge in [-0.1, -0.05) is 11.6 Å². The number of rotatable bonds is 4. The van der Waals surface area contributed by atoms with Crippen LogP contribution in [0.1, 0.15) is 12.8 Å². The zero-order valence-electron chi connectivity index (χ0n) is 8.65. The topological polar surface area (TPSA) is 35.2 Å². The van der Waals surface area contributed by atoms with Gasteiger partial charge in [-0.25, -0.2) is 4.39 Å². The van der Waals surface area contributed by atoms with E-state index >= 15 is 0 Å². The van der Waals surface area contributed by atoms with Crippen LogP contribution in [0.5, 0.6) is 5.75 Å². The predicted octanol–water partition coefficient (Wildman–Crippen LogP) is 3.78. The van der Waals surface area contributed by atoms with Crippen LogP contribution < -0.4 is 10.5 Å². The first kappa shape index (κ1) is 13.9. The standard InChI is InChI=1S/C10H10ClF4NO/c11-6-4-8(16)7(12)5-9(6)17-3-1-2-10(13,14)15/h4-5H,1-3,16H2. The summed E-state index contributed by atoms with van der Waals surface area (Å²) >= 11 is 5.68. The molecule has 0 fully saturated rings. The van der Waals surface area contributed by atoms with Gasteiger partial charge in [0.05, 0.1) is 17.3 Å². The molecule has 17 heavy (non-hydrogen) atoms. The summed E-state index contributed by atoms with van der Waals surface area (Å²) in [4.78, 5) is 0. The van der Waals surface area contributed by atoms with Gasteiger partial charge < -0.3 is 10.5 Å². The minimum absolute atomic E-state index is 0.0134. The van der Waals surface area contributed by atoms with E-state index < -0.39 is 18.4 Å². The van der Waals surface area contributed by atoms with Crippen molar-refractivity contribution in [3.8, 4) is 5.75 Å². The van der Waals surface area contributed by atoms with Gasteiger partial charge in [-0.2, -0.15) is 13.2 Å². The summed E-state index contributed by atoms with van der Waals surface area (Å²) in [5, 5.41) is 0.0657. The normalized spacial score (nSPS) is 11.6. The number of anilines is 1. The van der Waals surface area contributed by atoms with Crippen molar-refractivity contribution < 1.29 is 22.3 Å². The molecule has 0 spiro atoms. The lowest BCUT2D eigenvalue weighted by atomic mass is 10.3. The van der Waals surface area contributed by atoms with Crippen LogP contribution in [0.2, 0.25) is 5.02 Å². The molecule has 0 heterocycles. The van der Waals surface area contributed by atoms with Crippen molar-refractivity contribution in [2.45, 2.75) is 19.0 Å². The molecule has 0 saturated carbocycles. The maximum atomic E-state index is 13.0. The molecular weight excluding hydrogens is 262 g/mol. The average Bonchev–Trinajstić information content (AvgIpc) is 2.18. The Kier molecular flexibility index (Phi) is 4.45. The highest BCUT2D eigenvalue weighted by Crippen LogP contribution is 2.29. The monoisotopic (exact) mass is 271 g/mol. The van der Waals surface area contributed by atoms with E-state index in [0.717, 1.165) is 12.1 Å². The SMILES string of the molecule is Nc1cc(Cl)c(OCCCC(F)(F)F)cc1F. The van der Waals surface area contributed by atoms with Gasteiger partial charge in [0.2, 0.25) is 0 Å². The highest BCUT2D eigenvalue weighted by Gasteiger charge is 2.26. The molecular formula is C10H10ClF4NO. The van der Waals surface area contributed by atoms with Crippen molar-refractivity contribution in [2.24, 2.45) is 0 Å². The van der Waals surface area contributed by atoms with Crippen LogP contribution in [0.15, 0.2) is 12.1 Å². The number of hydrogen-bond acceptors (Lipinski definition) is 2. The van der Waals surface area contributed by atoms with Crippen LogP contribution in [0.3, 0.4) is 0 Å². The molecule has 0 unspecified atom stereocenters. The lowest BCUT2D eigenvalue weighted by molar-refractivity contribution is -0.136. The smallest absolute Gasteiger partial charge is 0.389 e. The number of hydrogen-bond donors (Lipinski definition) is 1. The maximum absolute atomic E-state index is 13.0. The minimum Gasteiger partial charge on any atom is -0.492 e. The first-order chi connectivity index (χ1) is 7.79. The van der Waals surface area contributed by atoms with Crippen molar-refractivity contribution in [1.82, 2.24) is 0 Å². The molecule has 2 nitrogen and oxygen atoms in total. The largest absolute Gasteiger partial charge is 0.492 e. The summed E-state index contributed by atoms with van der Waals surface area (Å²) in [5.41, 5.74) is 5.10. The van der Waals surface area contributed by atoms with E-state index in [1.54, 1.807) is 0 Å². The van der Waals surface area contributed by atoms with Crippen molar-refractivity contribution in [3.05, 3.63) is 23.0 Å². The lowest BCUT2D eigenvalue weighted by Crippen LogP contribution is -2.10. The predicted molar refractivity (Wildman–Crippen MR) is 56.6 cm³/mol. The summed E-state index contributed by atoms with van der Waals surface area (Å²) in [7, 11) is 0. The lowest BCUT2D eigenvalue weighted by Gasteiger charge is -2.10. The second-order valence-corrected chi connectivity index (χ2v) is 3.78. The molecule has 1 aromatic carbocycles. The highest BCUT2D eigenvalue weighted by molar-refractivity contribution is 6.32. The van der Waals surface area contributed by atoms with Crippen LogP contribution >= 0.6 is 11.6 Å². The molecule has 0 aliphatic rings. The van der Waals surface area contributed by atoms with E-state index in [1.165, 1.54) is 0 Å². The van der Waals surface area contributed by atoms with Gasteiger partial charge in [0.15, 0.2) is 0 Å². The summed E-state index contributed by atoms with van der Waals surface area (Å²) in [6.45, 7) is -0.192. The molecule has 0 saturated heterocycles. The third-order valence-corrected chi connectivity index (χ3v) is 2.21. The van der Waals surface area contributed by atoms with E-state index in [0.29, 0.717) is 0 Å². The molecule has 1 rings (SSSR count). The highest BCUT2D eigenvalue weighted by atomic mass is 35.5. The maximum Gasteiger partial charge on any atom is 0.389 e. The number of nitrogen functional groups attached to an aromatic ring is 1. The van der Waals surface area contributed by atoms with Crippen LogP contribution in [0.4, 0.5) is 23.2 Å². The Morgan fingerprint density at radius 1 is 1.29 bits per heavy atom. The van der Waals surface area contributed by atoms with Crippen molar-refractivity contribution in [1.29, 1.82) is 0 Å². The fourth-order valence-corrected chi connectivity index (χ4v) is 1.34. The molecule has 2 N–H and O–H groups in total. The molecule has 1 aromatic rings. The second kappa shape index (κ2) is 5.44. The molecule has 96 valence electrons. The minimum atomic E-state index is -4.22. The number of ether oxygens (including phenoxy) is 1. The third kappa shape index (κ3) is 4.68. The van der Waals surface area contributed by atoms with E-state index in [4.69, 9.17) is 22.1 Å². The van der Waals surface area contributed by atoms with Crippen LogP contribution in [-0.2, 0) is 0 Å². The van der Waals surface area contributed by atoms with E-state index in [9.17, 15) is 17.6 Å². The number of alkyl halides is 3. The fourth-order valence-electron chi connectivity index (χ4n) is 1.11. The number of benzene rings is 1. The summed E-state index contributed by atoms with van der Waals surface area (Å²) in [6.07, 6.45) is -5.40. The molecule has 0 aliphatic carbocycles. The number of halogens is 5. The van der Waals surface area contributed by atoms with E-state index in [2.05, 4.69) is 0 Å². The molecule has 0 aromatic heterocycles. The van der Waals surface area contributed by atoms with E-state index in [1.807, 2.05) is 0 Å². The summed E-state index contributed by atoms with van der Waals surface area (Å²) in [5.74, 6) is -0.735. The first-order valence-electron chi connectivity index (χ1n) is 4.73. The van der Waals surface area contributed by atoms with Gasteiger partial charge >= 0.3 is 6.18 Å². The van der Waals surface area contributed by atoms with Gasteiger partial charge in [-0.15, -0.1) is 0 Å². The van der Waals surface area contributed by atoms with Gasteiger partial charge in [-0.05, 0) is 12.5 Å². The zero-order valence-corrected chi connectivity index (χ0v) is 9.41. The molecule has 0 atom stereocenters. The van der Waals surface area contributed by atoms with Crippen molar-refractivity contribution in [2.75, 3.05) is 12.3 Å². The summed E-state index contributed by atoms with van der Waals surface area (Å²) in [6, 6.07) is 2.10. The number of nitrogens with two attached hydrogens (primary N) is 1. The molecule has 0 aliphatic heterocycles. The Bertz CT molecular complexity index is 395. The molecule has 0 amide bonds. The Morgan fingerprint density at radius 3 is 2.53 bits per heavy atom. The Labute approximate surface area is 100 Å². The van der Waals surface area contributed by atoms with E-state index in [-0.39, 0.29) is 29.5 Å². The van der Waals surface area contributed by atoms with Gasteiger partial charge in [0.25, 0.3) is 0 Å². The fraction of sp³-hybridized carbons (Fsp3) is 0.400. The third-order valence-electron chi connectivity index (χ3n) is 1.91. The molecule has 0 bridgehead atoms.